The van der Waals surface area contributed by atoms with Crippen molar-refractivity contribution in [1.82, 2.24) is 0 Å². The fourth-order valence-corrected chi connectivity index (χ4v) is 3.52. The van der Waals surface area contributed by atoms with Crippen molar-refractivity contribution in [3.8, 4) is 0 Å². The molecule has 3 rings (SSSR count). The number of Topliss-reactive ketones (excluding diaryl/α,β-unsaturated/α-hetero) is 1. The standard InChI is InChI=1S/C22H26O5/c1-5-25-22(24)20(17(4)23)14-21(26-27-22,18-10-6-15(2)7-11-18)19-12-8-16(3)9-13-19/h6-13,20,24H,5,14H2,1-4H3. The van der Waals surface area contributed by atoms with Crippen LogP contribution in [0.2, 0.25) is 0 Å². The highest BCUT2D eigenvalue weighted by Crippen LogP contribution is 2.47. The van der Waals surface area contributed by atoms with Gasteiger partial charge >= 0.3 is 5.97 Å². The first kappa shape index (κ1) is 19.7. The van der Waals surface area contributed by atoms with Gasteiger partial charge in [0.05, 0.1) is 0 Å². The van der Waals surface area contributed by atoms with E-state index in [9.17, 15) is 9.90 Å². The van der Waals surface area contributed by atoms with Crippen LogP contribution in [0.15, 0.2) is 48.5 Å². The molecule has 0 spiro atoms. The van der Waals surface area contributed by atoms with Crippen LogP contribution in [-0.4, -0.2) is 23.5 Å². The van der Waals surface area contributed by atoms with Gasteiger partial charge in [-0.25, -0.2) is 4.89 Å². The van der Waals surface area contributed by atoms with Crippen molar-refractivity contribution in [2.75, 3.05) is 6.61 Å². The van der Waals surface area contributed by atoms with Crippen molar-refractivity contribution in [3.63, 3.8) is 0 Å². The van der Waals surface area contributed by atoms with E-state index in [1.165, 1.54) is 6.92 Å². The molecule has 0 amide bonds. The van der Waals surface area contributed by atoms with Crippen LogP contribution in [0.3, 0.4) is 0 Å². The molecule has 1 aliphatic heterocycles. The first-order chi connectivity index (χ1) is 12.8. The number of aliphatic hydroxyl groups is 1. The number of hydrogen-bond donors (Lipinski definition) is 1. The van der Waals surface area contributed by atoms with Crippen LogP contribution in [0.1, 0.15) is 42.5 Å². The van der Waals surface area contributed by atoms with E-state index in [0.29, 0.717) is 0 Å². The maximum absolute atomic E-state index is 12.4. The number of ketones is 1. The lowest BCUT2D eigenvalue weighted by molar-refractivity contribution is -0.555. The SMILES string of the molecule is CCOC1(O)OOC(c2ccc(C)cc2)(c2ccc(C)cc2)CC1C(C)=O. The molecule has 0 radical (unpaired) electrons. The third-order valence-electron chi connectivity index (χ3n) is 5.11. The highest BCUT2D eigenvalue weighted by Gasteiger charge is 2.56. The van der Waals surface area contributed by atoms with Crippen molar-refractivity contribution in [2.24, 2.45) is 5.92 Å². The van der Waals surface area contributed by atoms with Crippen LogP contribution in [0.5, 0.6) is 0 Å². The maximum atomic E-state index is 12.4. The molecule has 5 heteroatoms. The summed E-state index contributed by atoms with van der Waals surface area (Å²) in [4.78, 5) is 23.6. The molecule has 1 heterocycles. The Morgan fingerprint density at radius 1 is 1.04 bits per heavy atom. The fraction of sp³-hybridized carbons (Fsp3) is 0.409. The summed E-state index contributed by atoms with van der Waals surface area (Å²) >= 11 is 0. The number of benzene rings is 2. The van der Waals surface area contributed by atoms with E-state index >= 15 is 0 Å². The molecular weight excluding hydrogens is 344 g/mol. The second-order valence-electron chi connectivity index (χ2n) is 7.16. The molecule has 5 nitrogen and oxygen atoms in total. The molecule has 1 aliphatic rings. The third-order valence-corrected chi connectivity index (χ3v) is 5.11. The van der Waals surface area contributed by atoms with Gasteiger partial charge in [-0.1, -0.05) is 59.7 Å². The summed E-state index contributed by atoms with van der Waals surface area (Å²) in [6.07, 6.45) is 0.199. The second-order valence-corrected chi connectivity index (χ2v) is 7.16. The molecule has 1 N–H and O–H groups in total. The summed E-state index contributed by atoms with van der Waals surface area (Å²) in [6.45, 7) is 7.35. The van der Waals surface area contributed by atoms with Gasteiger partial charge in [-0.15, -0.1) is 0 Å². The van der Waals surface area contributed by atoms with Crippen molar-refractivity contribution >= 4 is 5.78 Å². The van der Waals surface area contributed by atoms with Crippen LogP contribution in [0.4, 0.5) is 0 Å². The molecular formula is C22H26O5. The van der Waals surface area contributed by atoms with E-state index in [1.807, 2.05) is 62.4 Å². The van der Waals surface area contributed by atoms with Gasteiger partial charge in [0.15, 0.2) is 5.60 Å². The van der Waals surface area contributed by atoms with Crippen LogP contribution in [-0.2, 0) is 24.9 Å². The summed E-state index contributed by atoms with van der Waals surface area (Å²) in [5, 5.41) is 10.7. The molecule has 0 aromatic heterocycles. The average molecular weight is 370 g/mol. The van der Waals surface area contributed by atoms with E-state index in [2.05, 4.69) is 0 Å². The number of aryl methyl sites for hydroxylation is 2. The summed E-state index contributed by atoms with van der Waals surface area (Å²) in [6, 6.07) is 15.8. The van der Waals surface area contributed by atoms with Gasteiger partial charge in [-0.2, -0.15) is 4.89 Å². The zero-order chi connectivity index (χ0) is 19.7. The quantitative estimate of drug-likeness (QED) is 0.641. The van der Waals surface area contributed by atoms with Crippen molar-refractivity contribution in [2.45, 2.75) is 45.7 Å². The van der Waals surface area contributed by atoms with Gasteiger partial charge < -0.3 is 9.84 Å². The Morgan fingerprint density at radius 3 is 1.93 bits per heavy atom. The minimum atomic E-state index is -2.10. The molecule has 0 aliphatic carbocycles. The number of carbonyl (C=O) groups excluding carboxylic acids is 1. The predicted octanol–water partition coefficient (Wildman–Crippen LogP) is 3.79. The number of ether oxygens (including phenoxy) is 1. The first-order valence-corrected chi connectivity index (χ1v) is 9.18. The van der Waals surface area contributed by atoms with E-state index in [-0.39, 0.29) is 18.8 Å². The Bertz CT molecular complexity index is 751. The van der Waals surface area contributed by atoms with Gasteiger partial charge in [0.1, 0.15) is 11.7 Å². The Kier molecular flexibility index (Phi) is 5.49. The van der Waals surface area contributed by atoms with E-state index in [0.717, 1.165) is 22.3 Å². The first-order valence-electron chi connectivity index (χ1n) is 9.18. The average Bonchev–Trinajstić information content (AvgIpc) is 2.64. The molecule has 2 atom stereocenters. The molecule has 2 aromatic rings. The van der Waals surface area contributed by atoms with Crippen LogP contribution in [0.25, 0.3) is 0 Å². The van der Waals surface area contributed by atoms with Crippen molar-refractivity contribution in [1.29, 1.82) is 0 Å². The zero-order valence-corrected chi connectivity index (χ0v) is 16.2. The molecule has 2 unspecified atom stereocenters. The molecule has 144 valence electrons. The summed E-state index contributed by atoms with van der Waals surface area (Å²) in [7, 11) is 0. The minimum Gasteiger partial charge on any atom is -0.341 e. The van der Waals surface area contributed by atoms with E-state index in [1.54, 1.807) is 6.92 Å². The fourth-order valence-electron chi connectivity index (χ4n) is 3.52. The van der Waals surface area contributed by atoms with Crippen LogP contribution in [0, 0.1) is 19.8 Å². The van der Waals surface area contributed by atoms with E-state index < -0.39 is 17.5 Å². The van der Waals surface area contributed by atoms with Crippen molar-refractivity contribution in [3.05, 3.63) is 70.8 Å². The summed E-state index contributed by atoms with van der Waals surface area (Å²) in [5.41, 5.74) is 2.90. The molecule has 1 fully saturated rings. The highest BCUT2D eigenvalue weighted by molar-refractivity contribution is 5.79. The summed E-state index contributed by atoms with van der Waals surface area (Å²) in [5.74, 6) is -3.22. The lowest BCUT2D eigenvalue weighted by Crippen LogP contribution is -2.56. The number of hydrogen-bond acceptors (Lipinski definition) is 5. The molecule has 0 bridgehead atoms. The number of carbonyl (C=O) groups is 1. The maximum Gasteiger partial charge on any atom is 0.319 e. The smallest absolute Gasteiger partial charge is 0.319 e. The topological polar surface area (TPSA) is 65.0 Å². The van der Waals surface area contributed by atoms with Gasteiger partial charge in [-0.05, 0) is 38.8 Å². The molecule has 2 aromatic carbocycles. The predicted molar refractivity (Wildman–Crippen MR) is 101 cm³/mol. The van der Waals surface area contributed by atoms with Crippen molar-refractivity contribution < 1.29 is 24.4 Å². The van der Waals surface area contributed by atoms with E-state index in [4.69, 9.17) is 14.5 Å². The Labute approximate surface area is 159 Å². The van der Waals surface area contributed by atoms with Gasteiger partial charge in [0.25, 0.3) is 0 Å². The Morgan fingerprint density at radius 2 is 1.52 bits per heavy atom. The molecule has 27 heavy (non-hydrogen) atoms. The molecule has 1 saturated heterocycles. The zero-order valence-electron chi connectivity index (χ0n) is 16.2. The second kappa shape index (κ2) is 7.52. The summed E-state index contributed by atoms with van der Waals surface area (Å²) < 4.78 is 5.34. The normalized spacial score (nSPS) is 24.6. The number of rotatable bonds is 5. The van der Waals surface area contributed by atoms with Gasteiger partial charge in [0, 0.05) is 13.0 Å². The van der Waals surface area contributed by atoms with Crippen LogP contribution < -0.4 is 0 Å². The molecule has 0 saturated carbocycles. The lowest BCUT2D eigenvalue weighted by Gasteiger charge is -2.46. The largest absolute Gasteiger partial charge is 0.341 e. The highest BCUT2D eigenvalue weighted by atomic mass is 17.3. The van der Waals surface area contributed by atoms with Gasteiger partial charge in [-0.3, -0.25) is 4.79 Å². The van der Waals surface area contributed by atoms with Crippen LogP contribution >= 0.6 is 0 Å². The minimum absolute atomic E-state index is 0.186. The monoisotopic (exact) mass is 370 g/mol. The Balaban J connectivity index is 2.12. The lowest BCUT2D eigenvalue weighted by atomic mass is 9.76. The Hall–Kier alpha value is -2.05. The van der Waals surface area contributed by atoms with Gasteiger partial charge in [0.2, 0.25) is 0 Å². The third kappa shape index (κ3) is 3.69.